The number of nitrogens with one attached hydrogen (secondary N) is 1. The van der Waals surface area contributed by atoms with Gasteiger partial charge in [0.25, 0.3) is 0 Å². The van der Waals surface area contributed by atoms with Gasteiger partial charge in [0, 0.05) is 49.6 Å². The van der Waals surface area contributed by atoms with Crippen molar-refractivity contribution in [2.45, 2.75) is 46.2 Å². The minimum Gasteiger partial charge on any atom is -0.313 e. The van der Waals surface area contributed by atoms with E-state index >= 15 is 0 Å². The molecular formula is C26H31N5O2S. The number of anilines is 2. The van der Waals surface area contributed by atoms with Gasteiger partial charge in [-0.1, -0.05) is 12.1 Å². The summed E-state index contributed by atoms with van der Waals surface area (Å²) in [6.07, 6.45) is 7.45. The Hall–Kier alpha value is -3.10. The Morgan fingerprint density at radius 2 is 1.88 bits per heavy atom. The first-order valence-corrected chi connectivity index (χ1v) is 12.4. The predicted molar refractivity (Wildman–Crippen MR) is 136 cm³/mol. The van der Waals surface area contributed by atoms with Crippen molar-refractivity contribution < 1.29 is 9.59 Å². The van der Waals surface area contributed by atoms with E-state index in [4.69, 9.17) is 0 Å². The second-order valence-electron chi connectivity index (χ2n) is 9.10. The van der Waals surface area contributed by atoms with Crippen LogP contribution in [0.2, 0.25) is 0 Å². The average molecular weight is 478 g/mol. The first kappa shape index (κ1) is 24.0. The molecule has 8 heteroatoms. The molecule has 0 saturated heterocycles. The van der Waals surface area contributed by atoms with Crippen LogP contribution in [0.15, 0.2) is 54.4 Å². The zero-order valence-corrected chi connectivity index (χ0v) is 20.9. The second kappa shape index (κ2) is 10.0. The van der Waals surface area contributed by atoms with Gasteiger partial charge in [-0.25, -0.2) is 0 Å². The lowest BCUT2D eigenvalue weighted by molar-refractivity contribution is -0.137. The number of thiazole rings is 1. The number of carbonyl (C=O) groups is 2. The Morgan fingerprint density at radius 1 is 1.06 bits per heavy atom. The largest absolute Gasteiger partial charge is 0.313 e. The van der Waals surface area contributed by atoms with E-state index in [-0.39, 0.29) is 17.9 Å². The third-order valence-corrected chi connectivity index (χ3v) is 7.31. The number of rotatable bonds is 8. The van der Waals surface area contributed by atoms with Crippen molar-refractivity contribution in [2.24, 2.45) is 5.41 Å². The number of fused-ring (bicyclic) bond motifs is 1. The number of hydrogen-bond donors (Lipinski definition) is 1. The third kappa shape index (κ3) is 4.74. The molecule has 178 valence electrons. The van der Waals surface area contributed by atoms with Crippen LogP contribution in [-0.4, -0.2) is 35.4 Å². The van der Waals surface area contributed by atoms with E-state index < -0.39 is 5.41 Å². The number of hydrogen-bond acceptors (Lipinski definition) is 6. The number of amides is 2. The normalized spacial score (nSPS) is 16.4. The number of carbonyl (C=O) groups excluding carboxylic acids is 2. The summed E-state index contributed by atoms with van der Waals surface area (Å²) in [6, 6.07) is 10.2. The topological polar surface area (TPSA) is 78.4 Å². The molecule has 0 bridgehead atoms. The van der Waals surface area contributed by atoms with Gasteiger partial charge in [0.05, 0.1) is 16.9 Å². The van der Waals surface area contributed by atoms with Gasteiger partial charge in [-0.3, -0.25) is 19.6 Å². The van der Waals surface area contributed by atoms with E-state index in [1.807, 2.05) is 49.1 Å². The maximum absolute atomic E-state index is 13.1. The number of benzene rings is 1. The van der Waals surface area contributed by atoms with Crippen molar-refractivity contribution in [1.29, 1.82) is 0 Å². The second-order valence-corrected chi connectivity index (χ2v) is 10.0. The van der Waals surface area contributed by atoms with Gasteiger partial charge < -0.3 is 15.1 Å². The minimum atomic E-state index is -1.11. The lowest BCUT2D eigenvalue weighted by atomic mass is 9.90. The Kier molecular flexibility index (Phi) is 7.09. The van der Waals surface area contributed by atoms with E-state index in [2.05, 4.69) is 21.4 Å². The van der Waals surface area contributed by atoms with Crippen molar-refractivity contribution in [3.05, 3.63) is 70.4 Å². The molecular weight excluding hydrogens is 446 g/mol. The van der Waals surface area contributed by atoms with Crippen LogP contribution < -0.4 is 15.1 Å². The van der Waals surface area contributed by atoms with Crippen molar-refractivity contribution in [3.8, 4) is 0 Å². The molecule has 0 fully saturated rings. The van der Waals surface area contributed by atoms with E-state index in [1.54, 1.807) is 48.2 Å². The highest BCUT2D eigenvalue weighted by atomic mass is 32.1. The molecule has 34 heavy (non-hydrogen) atoms. The maximum atomic E-state index is 13.1. The summed E-state index contributed by atoms with van der Waals surface area (Å²) in [4.78, 5) is 39.2. The summed E-state index contributed by atoms with van der Waals surface area (Å²) in [5.41, 5.74) is 4.54. The van der Waals surface area contributed by atoms with Crippen molar-refractivity contribution in [3.63, 3.8) is 0 Å². The molecule has 7 nitrogen and oxygen atoms in total. The summed E-state index contributed by atoms with van der Waals surface area (Å²) in [6.45, 7) is 6.48. The molecule has 3 aromatic rings. The lowest BCUT2D eigenvalue weighted by Gasteiger charge is -2.27. The van der Waals surface area contributed by atoms with E-state index in [1.165, 1.54) is 10.4 Å². The van der Waals surface area contributed by atoms with Crippen LogP contribution in [0.4, 0.5) is 11.4 Å². The van der Waals surface area contributed by atoms with Crippen LogP contribution in [-0.2, 0) is 22.6 Å². The SMILES string of the molecule is CCN1C(=O)C(C)(C)C(=O)N(C)c2cc(CNC(CCc3cccnc3)c3cncs3)ccc21. The Morgan fingerprint density at radius 3 is 2.56 bits per heavy atom. The highest BCUT2D eigenvalue weighted by molar-refractivity contribution is 7.09. The highest BCUT2D eigenvalue weighted by Gasteiger charge is 2.45. The van der Waals surface area contributed by atoms with Crippen molar-refractivity contribution >= 4 is 34.5 Å². The number of nitrogens with zero attached hydrogens (tertiary/aromatic N) is 4. The van der Waals surface area contributed by atoms with Crippen LogP contribution in [0.25, 0.3) is 0 Å². The van der Waals surface area contributed by atoms with Gasteiger partial charge in [-0.2, -0.15) is 0 Å². The molecule has 1 aromatic carbocycles. The van der Waals surface area contributed by atoms with Crippen LogP contribution in [0.1, 0.15) is 49.2 Å². The van der Waals surface area contributed by atoms with Crippen LogP contribution in [0.3, 0.4) is 0 Å². The monoisotopic (exact) mass is 477 g/mol. The first-order valence-electron chi connectivity index (χ1n) is 11.6. The molecule has 1 atom stereocenters. The zero-order chi connectivity index (χ0) is 24.3. The van der Waals surface area contributed by atoms with Crippen LogP contribution >= 0.6 is 11.3 Å². The van der Waals surface area contributed by atoms with Crippen molar-refractivity contribution in [2.75, 3.05) is 23.4 Å². The molecule has 0 spiro atoms. The third-order valence-electron chi connectivity index (χ3n) is 6.42. The van der Waals surface area contributed by atoms with Gasteiger partial charge >= 0.3 is 0 Å². The van der Waals surface area contributed by atoms with Crippen LogP contribution in [0.5, 0.6) is 0 Å². The fourth-order valence-electron chi connectivity index (χ4n) is 4.40. The molecule has 0 radical (unpaired) electrons. The predicted octanol–water partition coefficient (Wildman–Crippen LogP) is 4.36. The van der Waals surface area contributed by atoms with Gasteiger partial charge in [-0.05, 0) is 62.9 Å². The van der Waals surface area contributed by atoms with E-state index in [0.29, 0.717) is 13.1 Å². The lowest BCUT2D eigenvalue weighted by Crippen LogP contribution is -2.47. The van der Waals surface area contributed by atoms with Crippen LogP contribution in [0, 0.1) is 5.41 Å². The van der Waals surface area contributed by atoms with Crippen molar-refractivity contribution in [1.82, 2.24) is 15.3 Å². The van der Waals surface area contributed by atoms with Gasteiger partial charge in [-0.15, -0.1) is 11.3 Å². The molecule has 1 aliphatic rings. The molecule has 1 N–H and O–H groups in total. The smallest absolute Gasteiger partial charge is 0.242 e. The molecule has 2 amide bonds. The Bertz CT molecular complexity index is 1150. The fraction of sp³-hybridized carbons (Fsp3) is 0.385. The number of aryl methyl sites for hydroxylation is 1. The molecule has 3 heterocycles. The summed E-state index contributed by atoms with van der Waals surface area (Å²) >= 11 is 1.64. The summed E-state index contributed by atoms with van der Waals surface area (Å²) < 4.78 is 0. The van der Waals surface area contributed by atoms with E-state index in [9.17, 15) is 9.59 Å². The number of aromatic nitrogens is 2. The average Bonchev–Trinajstić information content (AvgIpc) is 3.38. The maximum Gasteiger partial charge on any atom is 0.242 e. The summed E-state index contributed by atoms with van der Waals surface area (Å²) in [7, 11) is 1.75. The summed E-state index contributed by atoms with van der Waals surface area (Å²) in [5.74, 6) is -0.365. The standard InChI is InChI=1S/C26H31N5O2S/c1-5-31-21-11-9-19(13-22(21)30(4)24(32)26(2,3)25(31)33)15-29-20(23-16-28-17-34-23)10-8-18-7-6-12-27-14-18/h6-7,9,11-14,16-17,20,29H,5,8,10,15H2,1-4H3. The molecule has 1 unspecified atom stereocenters. The van der Waals surface area contributed by atoms with Gasteiger partial charge in [0.15, 0.2) is 0 Å². The van der Waals surface area contributed by atoms with Gasteiger partial charge in [0.1, 0.15) is 5.41 Å². The first-order chi connectivity index (χ1) is 16.3. The zero-order valence-electron chi connectivity index (χ0n) is 20.1. The fourth-order valence-corrected chi connectivity index (χ4v) is 5.13. The molecule has 0 aliphatic carbocycles. The Labute approximate surface area is 204 Å². The minimum absolute atomic E-state index is 0.151. The van der Waals surface area contributed by atoms with Gasteiger partial charge in [0.2, 0.25) is 11.8 Å². The number of pyridine rings is 1. The highest BCUT2D eigenvalue weighted by Crippen LogP contribution is 2.38. The quantitative estimate of drug-likeness (QED) is 0.488. The summed E-state index contributed by atoms with van der Waals surface area (Å²) in [5, 5.41) is 3.67. The molecule has 0 saturated carbocycles. The molecule has 4 rings (SSSR count). The molecule has 2 aromatic heterocycles. The Balaban J connectivity index is 1.55. The molecule has 1 aliphatic heterocycles. The van der Waals surface area contributed by atoms with E-state index in [0.717, 1.165) is 29.8 Å².